The number of amides is 1. The maximum atomic E-state index is 12.3. The van der Waals surface area contributed by atoms with Gasteiger partial charge in [0.25, 0.3) is 0 Å². The van der Waals surface area contributed by atoms with Crippen molar-refractivity contribution in [1.82, 2.24) is 9.88 Å². The molecule has 3 rings (SSSR count). The van der Waals surface area contributed by atoms with E-state index in [4.69, 9.17) is 21.8 Å². The van der Waals surface area contributed by atoms with E-state index in [9.17, 15) is 4.79 Å². The summed E-state index contributed by atoms with van der Waals surface area (Å²) in [6.07, 6.45) is 1.78. The molecule has 2 heterocycles. The lowest BCUT2D eigenvalue weighted by molar-refractivity contribution is -0.138. The number of thiazole rings is 1. The number of hydrogen-bond donors (Lipinski definition) is 0. The van der Waals surface area contributed by atoms with Crippen LogP contribution in [-0.4, -0.2) is 28.9 Å². The zero-order valence-corrected chi connectivity index (χ0v) is 14.7. The van der Waals surface area contributed by atoms with Gasteiger partial charge in [0.2, 0.25) is 5.91 Å². The fraction of sp³-hybridized carbons (Fsp3) is 0.471. The number of nitriles is 1. The molecule has 0 saturated carbocycles. The van der Waals surface area contributed by atoms with Crippen LogP contribution in [0.5, 0.6) is 0 Å². The van der Waals surface area contributed by atoms with E-state index in [-0.39, 0.29) is 5.91 Å². The fourth-order valence-electron chi connectivity index (χ4n) is 2.87. The number of carbonyl (C=O) groups excluding carboxylic acids is 1. The first-order valence-electron chi connectivity index (χ1n) is 7.67. The van der Waals surface area contributed by atoms with Crippen molar-refractivity contribution in [2.45, 2.75) is 32.6 Å². The van der Waals surface area contributed by atoms with Crippen molar-refractivity contribution in [3.63, 3.8) is 0 Å². The van der Waals surface area contributed by atoms with Crippen molar-refractivity contribution in [1.29, 1.82) is 5.26 Å². The Balaban J connectivity index is 1.71. The number of nitrogens with zero attached hydrogens (tertiary/aromatic N) is 3. The largest absolute Gasteiger partial charge is 0.341 e. The second-order valence-corrected chi connectivity index (χ2v) is 7.97. The van der Waals surface area contributed by atoms with E-state index in [0.717, 1.165) is 28.1 Å². The van der Waals surface area contributed by atoms with Gasteiger partial charge >= 0.3 is 0 Å². The lowest BCUT2D eigenvalue weighted by Gasteiger charge is -2.34. The number of carbonyl (C=O) groups is 1. The first-order chi connectivity index (χ1) is 10.9. The number of rotatable bonds is 2. The molecule has 0 radical (unpaired) electrons. The minimum absolute atomic E-state index is 0.0745. The maximum Gasteiger partial charge on any atom is 0.242 e. The van der Waals surface area contributed by atoms with Gasteiger partial charge in [-0.05, 0) is 44.9 Å². The smallest absolute Gasteiger partial charge is 0.242 e. The number of hydrogen-bond acceptors (Lipinski definition) is 4. The summed E-state index contributed by atoms with van der Waals surface area (Å²) < 4.78 is 1.15. The molecule has 6 heteroatoms. The standard InChI is InChI=1S/C17H18ClN3OS/c1-17(2,10-19)16(22)21-7-5-11(6-8-21)15-20-13-9-12(18)3-4-14(13)23-15/h3-4,9,11H,5-8H2,1-2H3. The molecule has 1 aliphatic heterocycles. The van der Waals surface area contributed by atoms with Crippen LogP contribution >= 0.6 is 22.9 Å². The zero-order valence-electron chi connectivity index (χ0n) is 13.2. The molecule has 0 unspecified atom stereocenters. The van der Waals surface area contributed by atoms with Crippen LogP contribution in [-0.2, 0) is 4.79 Å². The highest BCUT2D eigenvalue weighted by molar-refractivity contribution is 7.18. The van der Waals surface area contributed by atoms with Crippen LogP contribution in [0, 0.1) is 16.7 Å². The number of halogens is 1. The molecular weight excluding hydrogens is 330 g/mol. The molecule has 23 heavy (non-hydrogen) atoms. The maximum absolute atomic E-state index is 12.3. The molecule has 1 saturated heterocycles. The summed E-state index contributed by atoms with van der Waals surface area (Å²) in [5.74, 6) is 0.301. The molecule has 1 aromatic heterocycles. The van der Waals surface area contributed by atoms with Crippen LogP contribution in [0.1, 0.15) is 37.6 Å². The van der Waals surface area contributed by atoms with Gasteiger partial charge < -0.3 is 4.90 Å². The summed E-state index contributed by atoms with van der Waals surface area (Å²) in [5, 5.41) is 10.9. The van der Waals surface area contributed by atoms with Gasteiger partial charge in [0.05, 0.1) is 21.3 Å². The molecule has 0 aliphatic carbocycles. The lowest BCUT2D eigenvalue weighted by Crippen LogP contribution is -2.44. The van der Waals surface area contributed by atoms with Crippen LogP contribution in [0.25, 0.3) is 10.2 Å². The molecule has 0 atom stereocenters. The molecule has 0 N–H and O–H groups in total. The second kappa shape index (κ2) is 6.10. The molecule has 0 bridgehead atoms. The van der Waals surface area contributed by atoms with Gasteiger partial charge in [0.1, 0.15) is 5.41 Å². The number of piperidine rings is 1. The Labute approximate surface area is 144 Å². The second-order valence-electron chi connectivity index (χ2n) is 6.47. The first-order valence-corrected chi connectivity index (χ1v) is 8.87. The van der Waals surface area contributed by atoms with Crippen LogP contribution in [0.4, 0.5) is 0 Å². The predicted octanol–water partition coefficient (Wildman–Crippen LogP) is 4.21. The molecule has 120 valence electrons. The zero-order chi connectivity index (χ0) is 16.6. The molecule has 1 aliphatic rings. The summed E-state index contributed by atoms with van der Waals surface area (Å²) in [4.78, 5) is 18.9. The topological polar surface area (TPSA) is 57.0 Å². The summed E-state index contributed by atoms with van der Waals surface area (Å²) in [7, 11) is 0. The Morgan fingerprint density at radius 3 is 2.78 bits per heavy atom. The van der Waals surface area contributed by atoms with Crippen LogP contribution in [0.15, 0.2) is 18.2 Å². The van der Waals surface area contributed by atoms with Crippen molar-refractivity contribution in [3.8, 4) is 6.07 Å². The highest BCUT2D eigenvalue weighted by Crippen LogP contribution is 2.35. The average Bonchev–Trinajstić information content (AvgIpc) is 2.97. The number of aromatic nitrogens is 1. The van der Waals surface area contributed by atoms with E-state index >= 15 is 0 Å². The minimum Gasteiger partial charge on any atom is -0.341 e. The SMILES string of the molecule is CC(C)(C#N)C(=O)N1CCC(c2nc3cc(Cl)ccc3s2)CC1. The third-order valence-electron chi connectivity index (χ3n) is 4.31. The first kappa shape index (κ1) is 16.2. The van der Waals surface area contributed by atoms with Crippen molar-refractivity contribution in [3.05, 3.63) is 28.2 Å². The predicted molar refractivity (Wildman–Crippen MR) is 92.6 cm³/mol. The molecule has 2 aromatic rings. The van der Waals surface area contributed by atoms with Gasteiger partial charge in [-0.25, -0.2) is 4.98 Å². The lowest BCUT2D eigenvalue weighted by atomic mass is 9.91. The number of benzene rings is 1. The Morgan fingerprint density at radius 1 is 1.43 bits per heavy atom. The van der Waals surface area contributed by atoms with Crippen LogP contribution < -0.4 is 0 Å². The number of fused-ring (bicyclic) bond motifs is 1. The molecule has 4 nitrogen and oxygen atoms in total. The van der Waals surface area contributed by atoms with Gasteiger partial charge in [-0.3, -0.25) is 4.79 Å². The summed E-state index contributed by atoms with van der Waals surface area (Å²) in [6.45, 7) is 4.73. The third-order valence-corrected chi connectivity index (χ3v) is 5.75. The van der Waals surface area contributed by atoms with Gasteiger partial charge in [-0.2, -0.15) is 5.26 Å². The van der Waals surface area contributed by atoms with Gasteiger partial charge in [-0.1, -0.05) is 11.6 Å². The van der Waals surface area contributed by atoms with Gasteiger partial charge in [0.15, 0.2) is 0 Å². The van der Waals surface area contributed by atoms with Gasteiger partial charge in [0, 0.05) is 24.0 Å². The Morgan fingerprint density at radius 2 is 2.13 bits per heavy atom. The Kier molecular flexibility index (Phi) is 4.31. The van der Waals surface area contributed by atoms with Crippen LogP contribution in [0.2, 0.25) is 5.02 Å². The van der Waals surface area contributed by atoms with Crippen molar-refractivity contribution in [2.24, 2.45) is 5.41 Å². The fourth-order valence-corrected chi connectivity index (χ4v) is 4.15. The van der Waals surface area contributed by atoms with E-state index in [1.807, 2.05) is 23.1 Å². The van der Waals surface area contributed by atoms with E-state index < -0.39 is 5.41 Å². The number of likely N-dealkylation sites (tertiary alicyclic amines) is 1. The molecule has 1 amide bonds. The average molecular weight is 348 g/mol. The monoisotopic (exact) mass is 347 g/mol. The van der Waals surface area contributed by atoms with E-state index in [1.165, 1.54) is 0 Å². The highest BCUT2D eigenvalue weighted by Gasteiger charge is 2.34. The van der Waals surface area contributed by atoms with Gasteiger partial charge in [-0.15, -0.1) is 11.3 Å². The molecular formula is C17H18ClN3OS. The normalized spacial score (nSPS) is 16.5. The summed E-state index contributed by atoms with van der Waals surface area (Å²) in [6, 6.07) is 7.88. The molecule has 1 aromatic carbocycles. The van der Waals surface area contributed by atoms with E-state index in [0.29, 0.717) is 24.0 Å². The van der Waals surface area contributed by atoms with Crippen molar-refractivity contribution < 1.29 is 4.79 Å². The Bertz CT molecular complexity index is 785. The third kappa shape index (κ3) is 3.19. The quantitative estimate of drug-likeness (QED) is 0.817. The molecule has 0 spiro atoms. The van der Waals surface area contributed by atoms with E-state index in [1.54, 1.807) is 25.2 Å². The van der Waals surface area contributed by atoms with E-state index in [2.05, 4.69) is 6.07 Å². The van der Waals surface area contributed by atoms with Crippen molar-refractivity contribution >= 4 is 39.1 Å². The highest BCUT2D eigenvalue weighted by atomic mass is 35.5. The summed E-state index contributed by atoms with van der Waals surface area (Å²) >= 11 is 7.72. The van der Waals surface area contributed by atoms with Crippen LogP contribution in [0.3, 0.4) is 0 Å². The summed E-state index contributed by atoms with van der Waals surface area (Å²) in [5.41, 5.74) is 0.000952. The Hall–Kier alpha value is -1.64. The minimum atomic E-state index is -0.945. The molecule has 1 fully saturated rings. The van der Waals surface area contributed by atoms with Crippen molar-refractivity contribution in [2.75, 3.05) is 13.1 Å².